The summed E-state index contributed by atoms with van der Waals surface area (Å²) in [5.74, 6) is 4.44. The molecule has 0 N–H and O–H groups in total. The summed E-state index contributed by atoms with van der Waals surface area (Å²) in [5, 5.41) is 12.0. The Morgan fingerprint density at radius 1 is 0.505 bits per heavy atom. The molecule has 2 aromatic carbocycles. The fraction of sp³-hybridized carbons (Fsp3) is 0.382. The standard InChI is InChI=1S/C23H24N6O.C21H26BN3O3.C16H17N5.C8H10ClN3/c1-16-20-13-18(21-23(25-10-9-24-21)28-11-3-4-12-28)14-26-22(20)29(27-16)15-17-5-7-19(30-2)8-6-17;1-14-18-11-16(22-27-20(2,3)21(4,5)28-22)12-23-19(18)25(24-14)13-15-7-9-17(26-6)10-8-15;1-11-13-8-12(9-20-14(13)10-19-11)15-16(18-5-4-17-15)21-6-2-3-7-21;9-7-8(11-4-3-10-7)12-5-1-2-6-12/h5-10,13-14H,3-4,11-12,15H2,1-2H3;7-12H,13H2,1-6H3;4-5,8-9H,2-3,6-7,10H2,1H3;3-4H,1-2,5-6H2. The van der Waals surface area contributed by atoms with Crippen molar-refractivity contribution in [2.75, 3.05) is 68.2 Å². The van der Waals surface area contributed by atoms with Gasteiger partial charge in [0.05, 0.1) is 62.1 Å². The molecule has 5 aliphatic rings. The third-order valence-electron chi connectivity index (χ3n) is 17.7. The summed E-state index contributed by atoms with van der Waals surface area (Å²) >= 11 is 5.89. The van der Waals surface area contributed by atoms with Crippen molar-refractivity contribution in [3.63, 3.8) is 0 Å². The van der Waals surface area contributed by atoms with Gasteiger partial charge in [-0.15, -0.1) is 0 Å². The molecule has 8 aromatic heterocycles. The van der Waals surface area contributed by atoms with E-state index in [2.05, 4.69) is 118 Å². The first-order chi connectivity index (χ1) is 44.1. The van der Waals surface area contributed by atoms with Crippen molar-refractivity contribution in [1.82, 2.24) is 64.4 Å². The highest BCUT2D eigenvalue weighted by Crippen LogP contribution is 2.38. The fourth-order valence-electron chi connectivity index (χ4n) is 11.9. The van der Waals surface area contributed by atoms with E-state index in [-0.39, 0.29) is 11.2 Å². The number of benzene rings is 2. The molecule has 5 aliphatic heterocycles. The summed E-state index contributed by atoms with van der Waals surface area (Å²) in [5.41, 5.74) is 13.2. The maximum atomic E-state index is 6.16. The number of methoxy groups -OCH3 is 2. The maximum absolute atomic E-state index is 6.16. The second-order valence-electron chi connectivity index (χ2n) is 24.3. The van der Waals surface area contributed by atoms with E-state index in [1.807, 2.05) is 85.1 Å². The third kappa shape index (κ3) is 13.7. The van der Waals surface area contributed by atoms with Gasteiger partial charge in [0, 0.05) is 134 Å². The molecule has 0 saturated carbocycles. The molecule has 91 heavy (non-hydrogen) atoms. The Bertz CT molecular complexity index is 4180. The lowest BCUT2D eigenvalue weighted by molar-refractivity contribution is 0.00578. The van der Waals surface area contributed by atoms with E-state index in [4.69, 9.17) is 45.6 Å². The van der Waals surface area contributed by atoms with Crippen molar-refractivity contribution in [3.8, 4) is 34.0 Å². The SMILES string of the molecule is CC1=NCc2ncc(-c3nccnc3N3CCCC3)cc21.COc1ccc(Cn2nc(C)c3cc(-c4nccnc4N4CCCC4)cnc32)cc1.COc1ccc(Cn2nc(C)c3cc(B4OC(C)(C)C(C)(C)O4)cnc32)cc1.Clc1nccnc1N1CCCC1. The Kier molecular flexibility index (Phi) is 18.6. The Morgan fingerprint density at radius 2 is 0.934 bits per heavy atom. The molecule has 0 spiro atoms. The van der Waals surface area contributed by atoms with Gasteiger partial charge in [0.1, 0.15) is 22.9 Å². The van der Waals surface area contributed by atoms with Crippen LogP contribution in [0.15, 0.2) is 127 Å². The summed E-state index contributed by atoms with van der Waals surface area (Å²) in [4.78, 5) is 51.8. The summed E-state index contributed by atoms with van der Waals surface area (Å²) in [6.07, 6.45) is 23.3. The highest BCUT2D eigenvalue weighted by atomic mass is 35.5. The zero-order valence-corrected chi connectivity index (χ0v) is 54.1. The molecule has 0 amide bonds. The first kappa shape index (κ1) is 62.2. The summed E-state index contributed by atoms with van der Waals surface area (Å²) < 4.78 is 26.7. The van der Waals surface area contributed by atoms with Crippen LogP contribution in [0.25, 0.3) is 44.6 Å². The van der Waals surface area contributed by atoms with E-state index in [0.29, 0.717) is 24.8 Å². The molecular formula is C68H77BClN17O4. The van der Waals surface area contributed by atoms with Gasteiger partial charge in [-0.3, -0.25) is 19.9 Å². The number of ether oxygens (including phenoxy) is 2. The van der Waals surface area contributed by atoms with Crippen LogP contribution in [-0.2, 0) is 28.9 Å². The fourth-order valence-corrected chi connectivity index (χ4v) is 12.1. The predicted molar refractivity (Wildman–Crippen MR) is 358 cm³/mol. The van der Waals surface area contributed by atoms with Gasteiger partial charge in [-0.05, 0) is 141 Å². The topological polar surface area (TPSA) is 211 Å². The smallest absolute Gasteiger partial charge is 0.496 e. The molecule has 468 valence electrons. The van der Waals surface area contributed by atoms with Crippen LogP contribution in [-0.4, -0.2) is 142 Å². The number of hydrogen-bond acceptors (Lipinski definition) is 19. The number of aryl methyl sites for hydroxylation is 2. The largest absolute Gasteiger partial charge is 0.497 e. The molecule has 0 bridgehead atoms. The van der Waals surface area contributed by atoms with Gasteiger partial charge in [0.25, 0.3) is 0 Å². The van der Waals surface area contributed by atoms with E-state index in [1.54, 1.807) is 51.4 Å². The maximum Gasteiger partial charge on any atom is 0.496 e. The molecule has 21 nitrogen and oxygen atoms in total. The van der Waals surface area contributed by atoms with E-state index >= 15 is 0 Å². The molecule has 13 heterocycles. The second-order valence-corrected chi connectivity index (χ2v) is 24.7. The van der Waals surface area contributed by atoms with Crippen molar-refractivity contribution >= 4 is 69.4 Å². The van der Waals surface area contributed by atoms with Crippen LogP contribution in [0.3, 0.4) is 0 Å². The van der Waals surface area contributed by atoms with Crippen LogP contribution < -0.4 is 29.6 Å². The quantitative estimate of drug-likeness (QED) is 0.104. The van der Waals surface area contributed by atoms with Crippen LogP contribution in [0, 0.1) is 13.8 Å². The van der Waals surface area contributed by atoms with Gasteiger partial charge in [0.2, 0.25) is 0 Å². The average molecular weight is 1240 g/mol. The van der Waals surface area contributed by atoms with Crippen molar-refractivity contribution in [1.29, 1.82) is 0 Å². The van der Waals surface area contributed by atoms with E-state index in [1.165, 1.54) is 38.5 Å². The predicted octanol–water partition coefficient (Wildman–Crippen LogP) is 11.1. The zero-order valence-electron chi connectivity index (χ0n) is 53.3. The lowest BCUT2D eigenvalue weighted by Gasteiger charge is -2.32. The van der Waals surface area contributed by atoms with Crippen LogP contribution in [0.4, 0.5) is 17.5 Å². The Labute approximate surface area is 536 Å². The number of rotatable bonds is 12. The number of aromatic nitrogens is 13. The van der Waals surface area contributed by atoms with Crippen molar-refractivity contribution < 1.29 is 18.8 Å². The molecule has 0 radical (unpaired) electrons. The van der Waals surface area contributed by atoms with E-state index < -0.39 is 7.12 Å². The lowest BCUT2D eigenvalue weighted by atomic mass is 9.80. The first-order valence-electron chi connectivity index (χ1n) is 31.3. The number of halogens is 1. The molecule has 10 aromatic rings. The first-order valence-corrected chi connectivity index (χ1v) is 31.6. The molecule has 4 saturated heterocycles. The van der Waals surface area contributed by atoms with Crippen molar-refractivity contribution in [3.05, 3.63) is 161 Å². The van der Waals surface area contributed by atoms with Crippen molar-refractivity contribution in [2.45, 2.75) is 118 Å². The van der Waals surface area contributed by atoms with Crippen LogP contribution in [0.1, 0.15) is 107 Å². The highest BCUT2D eigenvalue weighted by Gasteiger charge is 2.52. The minimum atomic E-state index is -0.425. The normalized spacial score (nSPS) is 16.3. The second kappa shape index (κ2) is 27.2. The van der Waals surface area contributed by atoms with Gasteiger partial charge >= 0.3 is 7.12 Å². The third-order valence-corrected chi connectivity index (χ3v) is 17.9. The minimum Gasteiger partial charge on any atom is -0.497 e. The monoisotopic (exact) mass is 1240 g/mol. The van der Waals surface area contributed by atoms with Crippen LogP contribution in [0.5, 0.6) is 11.5 Å². The van der Waals surface area contributed by atoms with E-state index in [0.717, 1.165) is 158 Å². The number of anilines is 3. The molecule has 0 unspecified atom stereocenters. The highest BCUT2D eigenvalue weighted by molar-refractivity contribution is 6.62. The van der Waals surface area contributed by atoms with Gasteiger partial charge in [-0.25, -0.2) is 39.3 Å². The summed E-state index contributed by atoms with van der Waals surface area (Å²) in [6, 6.07) is 22.4. The van der Waals surface area contributed by atoms with Gasteiger partial charge in [0.15, 0.2) is 33.9 Å². The zero-order chi connectivity index (χ0) is 63.2. The Hall–Kier alpha value is -8.99. The van der Waals surface area contributed by atoms with Crippen LogP contribution in [0.2, 0.25) is 5.15 Å². The number of hydrogen-bond donors (Lipinski definition) is 0. The molecule has 23 heteroatoms. The molecular weight excluding hydrogens is 1170 g/mol. The molecule has 0 aliphatic carbocycles. The van der Waals surface area contributed by atoms with Gasteiger partial charge in [-0.1, -0.05) is 35.9 Å². The summed E-state index contributed by atoms with van der Waals surface area (Å²) in [7, 11) is 2.92. The number of aliphatic imine (C=N–C) groups is 1. The average Bonchev–Trinajstić information content (AvgIpc) is 1.94. The Morgan fingerprint density at radius 3 is 1.43 bits per heavy atom. The van der Waals surface area contributed by atoms with Crippen molar-refractivity contribution in [2.24, 2.45) is 4.99 Å². The Balaban J connectivity index is 0.000000122. The number of fused-ring (bicyclic) bond motifs is 3. The van der Waals surface area contributed by atoms with Gasteiger partial charge in [-0.2, -0.15) is 10.2 Å². The number of nitrogens with zero attached hydrogens (tertiary/aromatic N) is 17. The number of pyridine rings is 3. The van der Waals surface area contributed by atoms with Crippen LogP contribution >= 0.6 is 11.6 Å². The summed E-state index contributed by atoms with van der Waals surface area (Å²) in [6.45, 7) is 22.6. The molecule has 4 fully saturated rings. The van der Waals surface area contributed by atoms with E-state index in [9.17, 15) is 0 Å². The minimum absolute atomic E-state index is 0.375. The molecule has 0 atom stereocenters. The lowest BCUT2D eigenvalue weighted by Crippen LogP contribution is -2.41. The molecule has 15 rings (SSSR count). The van der Waals surface area contributed by atoms with Gasteiger partial charge < -0.3 is 33.5 Å².